The molecular formula is C18H19NO5. The van der Waals surface area contributed by atoms with Gasteiger partial charge in [0.2, 0.25) is 0 Å². The quantitative estimate of drug-likeness (QED) is 0.673. The number of ether oxygens (including phenoxy) is 1. The molecule has 0 radical (unpaired) electrons. The van der Waals surface area contributed by atoms with Gasteiger partial charge in [0.05, 0.1) is 13.1 Å². The van der Waals surface area contributed by atoms with E-state index in [-0.39, 0.29) is 24.0 Å². The maximum atomic E-state index is 11.4. The Kier molecular flexibility index (Phi) is 4.07. The summed E-state index contributed by atoms with van der Waals surface area (Å²) < 4.78 is 5.26. The van der Waals surface area contributed by atoms with Crippen molar-refractivity contribution in [3.8, 4) is 17.2 Å². The minimum atomic E-state index is -1.15. The number of phenolic OH excluding ortho intramolecular Hbond substituents is 2. The summed E-state index contributed by atoms with van der Waals surface area (Å²) in [5, 5.41) is 32.7. The summed E-state index contributed by atoms with van der Waals surface area (Å²) in [6.45, 7) is 1.91. The Labute approximate surface area is 139 Å². The number of carboxylic acid groups (broad SMARTS) is 1. The highest BCUT2D eigenvalue weighted by molar-refractivity contribution is 5.70. The topological polar surface area (TPSA) is 106 Å². The Bertz CT molecular complexity index is 802. The van der Waals surface area contributed by atoms with Crippen LogP contribution in [0.4, 0.5) is 0 Å². The molecule has 4 N–H and O–H groups in total. The van der Waals surface area contributed by atoms with Crippen molar-refractivity contribution in [1.29, 1.82) is 0 Å². The summed E-state index contributed by atoms with van der Waals surface area (Å²) in [4.78, 5) is 11.4. The summed E-state index contributed by atoms with van der Waals surface area (Å²) in [5.41, 5.74) is 3.31. The van der Waals surface area contributed by atoms with E-state index in [4.69, 9.17) is 4.74 Å². The first-order valence-electron chi connectivity index (χ1n) is 7.66. The van der Waals surface area contributed by atoms with Crippen molar-refractivity contribution in [3.05, 3.63) is 52.6 Å². The predicted molar refractivity (Wildman–Crippen MR) is 83.8 cm³/mol. The lowest BCUT2D eigenvalue weighted by Gasteiger charge is -2.31. The number of fused-ring (bicyclic) bond motifs is 1. The fourth-order valence-electron chi connectivity index (χ4n) is 3.29. The Morgan fingerprint density at radius 2 is 1.96 bits per heavy atom. The lowest BCUT2D eigenvalue weighted by molar-refractivity contribution is -0.716. The van der Waals surface area contributed by atoms with Gasteiger partial charge in [0.25, 0.3) is 0 Å². The molecule has 2 aromatic carbocycles. The molecule has 0 aromatic heterocycles. The Hall–Kier alpha value is -2.73. The van der Waals surface area contributed by atoms with E-state index in [9.17, 15) is 20.1 Å². The van der Waals surface area contributed by atoms with Gasteiger partial charge in [0.15, 0.2) is 11.5 Å². The molecule has 1 aliphatic heterocycles. The van der Waals surface area contributed by atoms with Gasteiger partial charge < -0.3 is 30.2 Å². The fourth-order valence-corrected chi connectivity index (χ4v) is 3.29. The second kappa shape index (κ2) is 6.05. The molecule has 0 spiro atoms. The molecule has 3 rings (SSSR count). The van der Waals surface area contributed by atoms with Crippen LogP contribution in [0.1, 0.15) is 28.3 Å². The largest absolute Gasteiger partial charge is 0.544 e. The van der Waals surface area contributed by atoms with Crippen molar-refractivity contribution in [2.75, 3.05) is 7.11 Å². The number of carboxylic acids is 1. The summed E-state index contributed by atoms with van der Waals surface area (Å²) >= 11 is 0. The molecule has 1 heterocycles. The highest BCUT2D eigenvalue weighted by atomic mass is 16.5. The van der Waals surface area contributed by atoms with Crippen LogP contribution in [0.25, 0.3) is 0 Å². The maximum Gasteiger partial charge on any atom is 0.157 e. The van der Waals surface area contributed by atoms with E-state index in [1.165, 1.54) is 12.1 Å². The second-order valence-corrected chi connectivity index (χ2v) is 6.07. The van der Waals surface area contributed by atoms with Crippen LogP contribution in [0.2, 0.25) is 0 Å². The minimum absolute atomic E-state index is 0.218. The molecule has 2 aromatic rings. The van der Waals surface area contributed by atoms with Crippen LogP contribution in [0.3, 0.4) is 0 Å². The second-order valence-electron chi connectivity index (χ2n) is 6.07. The van der Waals surface area contributed by atoms with Crippen LogP contribution in [0.5, 0.6) is 17.2 Å². The van der Waals surface area contributed by atoms with Crippen LogP contribution in [-0.2, 0) is 11.2 Å². The van der Waals surface area contributed by atoms with Gasteiger partial charge in [-0.15, -0.1) is 0 Å². The molecule has 0 amide bonds. The highest BCUT2D eigenvalue weighted by Crippen LogP contribution is 2.35. The van der Waals surface area contributed by atoms with Gasteiger partial charge in [-0.2, -0.15) is 0 Å². The number of phenols is 2. The maximum absolute atomic E-state index is 11.4. The lowest BCUT2D eigenvalue weighted by Crippen LogP contribution is -2.95. The predicted octanol–water partition coefficient (Wildman–Crippen LogP) is -0.258. The number of nitrogens with two attached hydrogens (primary N) is 1. The highest BCUT2D eigenvalue weighted by Gasteiger charge is 2.33. The van der Waals surface area contributed by atoms with E-state index in [1.54, 1.807) is 12.4 Å². The van der Waals surface area contributed by atoms with Gasteiger partial charge in [-0.1, -0.05) is 0 Å². The number of hydrogen-bond donors (Lipinski definition) is 3. The van der Waals surface area contributed by atoms with Crippen molar-refractivity contribution in [3.63, 3.8) is 0 Å². The molecule has 0 saturated heterocycles. The van der Waals surface area contributed by atoms with Gasteiger partial charge in [-0.25, -0.2) is 0 Å². The molecule has 0 saturated carbocycles. The lowest BCUT2D eigenvalue weighted by atomic mass is 9.86. The van der Waals surface area contributed by atoms with Crippen LogP contribution >= 0.6 is 0 Å². The summed E-state index contributed by atoms with van der Waals surface area (Å²) in [6.07, 6.45) is 0.233. The number of methoxy groups -OCH3 is 1. The summed E-state index contributed by atoms with van der Waals surface area (Å²) in [5.74, 6) is -0.870. The van der Waals surface area contributed by atoms with Gasteiger partial charge >= 0.3 is 0 Å². The molecule has 1 aliphatic rings. The fraction of sp³-hybridized carbons (Fsp3) is 0.278. The third-order valence-corrected chi connectivity index (χ3v) is 4.52. The third kappa shape index (κ3) is 2.76. The van der Waals surface area contributed by atoms with E-state index >= 15 is 0 Å². The number of quaternary nitrogens is 1. The number of hydrogen-bond acceptors (Lipinski definition) is 5. The smallest absolute Gasteiger partial charge is 0.157 e. The summed E-state index contributed by atoms with van der Waals surface area (Å²) in [7, 11) is 1.59. The molecule has 126 valence electrons. The zero-order valence-electron chi connectivity index (χ0n) is 13.4. The van der Waals surface area contributed by atoms with E-state index < -0.39 is 12.0 Å². The minimum Gasteiger partial charge on any atom is -0.544 e. The molecule has 2 atom stereocenters. The molecule has 24 heavy (non-hydrogen) atoms. The van der Waals surface area contributed by atoms with E-state index in [2.05, 4.69) is 0 Å². The van der Waals surface area contributed by atoms with Crippen molar-refractivity contribution in [1.82, 2.24) is 0 Å². The zero-order valence-corrected chi connectivity index (χ0v) is 13.4. The van der Waals surface area contributed by atoms with Gasteiger partial charge in [-0.05, 0) is 48.4 Å². The van der Waals surface area contributed by atoms with Crippen molar-refractivity contribution in [2.45, 2.75) is 25.4 Å². The number of aryl methyl sites for hydroxylation is 1. The monoisotopic (exact) mass is 329 g/mol. The van der Waals surface area contributed by atoms with Gasteiger partial charge in [-0.3, -0.25) is 0 Å². The number of carbonyl (C=O) groups excluding carboxylic acids is 1. The molecular weight excluding hydrogens is 310 g/mol. The number of aliphatic carboxylic acids is 1. The van der Waals surface area contributed by atoms with Crippen molar-refractivity contribution in [2.24, 2.45) is 0 Å². The van der Waals surface area contributed by atoms with Gasteiger partial charge in [0, 0.05) is 17.5 Å². The SMILES string of the molecule is COc1ccc([C@@H]2[NH2+][C@@H](C(=O)[O-])Cc3cc(O)c(O)cc32)cc1C. The summed E-state index contributed by atoms with van der Waals surface area (Å²) in [6, 6.07) is 7.50. The molecule has 0 unspecified atom stereocenters. The first kappa shape index (κ1) is 16.1. The number of aromatic hydroxyl groups is 2. The molecule has 0 fully saturated rings. The zero-order chi connectivity index (χ0) is 17.4. The Morgan fingerprint density at radius 3 is 2.58 bits per heavy atom. The number of benzene rings is 2. The average molecular weight is 329 g/mol. The molecule has 6 heteroatoms. The average Bonchev–Trinajstić information content (AvgIpc) is 2.55. The van der Waals surface area contributed by atoms with E-state index in [0.29, 0.717) is 5.56 Å². The number of carbonyl (C=O) groups is 1. The van der Waals surface area contributed by atoms with E-state index in [1.807, 2.05) is 25.1 Å². The number of rotatable bonds is 3. The molecule has 6 nitrogen and oxygen atoms in total. The van der Waals surface area contributed by atoms with Crippen LogP contribution in [-0.4, -0.2) is 29.3 Å². The first-order valence-corrected chi connectivity index (χ1v) is 7.66. The Morgan fingerprint density at radius 1 is 1.25 bits per heavy atom. The van der Waals surface area contributed by atoms with Crippen LogP contribution < -0.4 is 15.2 Å². The van der Waals surface area contributed by atoms with Crippen molar-refractivity contribution < 1.29 is 30.2 Å². The third-order valence-electron chi connectivity index (χ3n) is 4.52. The normalized spacial score (nSPS) is 19.6. The molecule has 0 bridgehead atoms. The van der Waals surface area contributed by atoms with Crippen molar-refractivity contribution >= 4 is 5.97 Å². The van der Waals surface area contributed by atoms with Crippen LogP contribution in [0.15, 0.2) is 30.3 Å². The standard InChI is InChI=1S/C18H19NO5/c1-9-5-10(3-4-16(9)24-2)17-12-8-15(21)14(20)7-11(12)6-13(19-17)18(22)23/h3-5,7-8,13,17,19-21H,6H2,1-2H3,(H,22,23)/t13-,17+/m1/s1. The Balaban J connectivity index is 2.11. The molecule has 0 aliphatic carbocycles. The first-order chi connectivity index (χ1) is 11.4. The van der Waals surface area contributed by atoms with E-state index in [0.717, 1.165) is 22.4 Å². The van der Waals surface area contributed by atoms with Gasteiger partial charge in [0.1, 0.15) is 17.8 Å². The van der Waals surface area contributed by atoms with Crippen LogP contribution in [0, 0.1) is 6.92 Å².